The number of rotatable bonds is 4. The van der Waals surface area contributed by atoms with E-state index < -0.39 is 17.5 Å². The van der Waals surface area contributed by atoms with E-state index >= 15 is 4.39 Å². The van der Waals surface area contributed by atoms with Crippen molar-refractivity contribution < 1.29 is 23.0 Å². The van der Waals surface area contributed by atoms with E-state index in [0.717, 1.165) is 5.69 Å². The summed E-state index contributed by atoms with van der Waals surface area (Å²) in [5.41, 5.74) is 1.77. The van der Waals surface area contributed by atoms with Crippen LogP contribution in [0.1, 0.15) is 11.3 Å². The van der Waals surface area contributed by atoms with Crippen LogP contribution >= 0.6 is 0 Å². The standard InChI is InChI=1S/C20H17F2N5O3/c21-12-2-3-15-17(5-12)29-9-14(6-13-7-23-26-25-13)27(15)8-11-1-4-16-20(19(11)22)24-18(28)10-30-16/h1-5,7,14H,6,8-10H2,(H,24,28)(H,23,25,26). The highest BCUT2D eigenvalue weighted by atomic mass is 19.1. The molecule has 8 nitrogen and oxygen atoms in total. The Kier molecular flexibility index (Phi) is 4.46. The number of aromatic amines is 1. The summed E-state index contributed by atoms with van der Waals surface area (Å²) >= 11 is 0. The van der Waals surface area contributed by atoms with E-state index in [0.29, 0.717) is 29.2 Å². The molecule has 0 spiro atoms. The third kappa shape index (κ3) is 3.30. The van der Waals surface area contributed by atoms with Crippen molar-refractivity contribution in [3.63, 3.8) is 0 Å². The molecule has 0 aliphatic carbocycles. The zero-order valence-corrected chi connectivity index (χ0v) is 15.7. The van der Waals surface area contributed by atoms with Crippen molar-refractivity contribution in [1.29, 1.82) is 0 Å². The number of hydrogen-bond acceptors (Lipinski definition) is 6. The minimum Gasteiger partial charge on any atom is -0.489 e. The molecule has 0 radical (unpaired) electrons. The fourth-order valence-corrected chi connectivity index (χ4v) is 3.72. The Morgan fingerprint density at radius 2 is 2.07 bits per heavy atom. The second kappa shape index (κ2) is 7.29. The summed E-state index contributed by atoms with van der Waals surface area (Å²) in [5, 5.41) is 13.0. The van der Waals surface area contributed by atoms with Crippen molar-refractivity contribution in [3.8, 4) is 11.5 Å². The van der Waals surface area contributed by atoms with Gasteiger partial charge in [0.15, 0.2) is 12.4 Å². The maximum absolute atomic E-state index is 15.2. The highest BCUT2D eigenvalue weighted by molar-refractivity contribution is 5.95. The first-order valence-corrected chi connectivity index (χ1v) is 9.36. The molecule has 1 aromatic heterocycles. The Bertz CT molecular complexity index is 1110. The lowest BCUT2D eigenvalue weighted by molar-refractivity contribution is -0.118. The average Bonchev–Trinajstić information content (AvgIpc) is 3.25. The molecule has 0 fully saturated rings. The lowest BCUT2D eigenvalue weighted by Gasteiger charge is -2.38. The molecule has 154 valence electrons. The fourth-order valence-electron chi connectivity index (χ4n) is 3.72. The number of amides is 1. The second-order valence-corrected chi connectivity index (χ2v) is 7.12. The van der Waals surface area contributed by atoms with Gasteiger partial charge in [-0.15, -0.1) is 0 Å². The summed E-state index contributed by atoms with van der Waals surface area (Å²) in [5.74, 6) is -0.699. The zero-order valence-electron chi connectivity index (χ0n) is 15.7. The summed E-state index contributed by atoms with van der Waals surface area (Å²) in [6.07, 6.45) is 2.12. The van der Waals surface area contributed by atoms with Gasteiger partial charge in [0, 0.05) is 24.6 Å². The van der Waals surface area contributed by atoms with Crippen LogP contribution in [-0.4, -0.2) is 40.6 Å². The number of anilines is 2. The lowest BCUT2D eigenvalue weighted by atomic mass is 10.0. The third-order valence-electron chi connectivity index (χ3n) is 5.16. The van der Waals surface area contributed by atoms with Crippen LogP contribution in [0.3, 0.4) is 0 Å². The van der Waals surface area contributed by atoms with E-state index in [-0.39, 0.29) is 31.5 Å². The maximum atomic E-state index is 15.2. The van der Waals surface area contributed by atoms with E-state index in [1.54, 1.807) is 24.4 Å². The monoisotopic (exact) mass is 413 g/mol. The van der Waals surface area contributed by atoms with Gasteiger partial charge in [-0.25, -0.2) is 8.78 Å². The number of benzene rings is 2. The van der Waals surface area contributed by atoms with Crippen molar-refractivity contribution in [2.24, 2.45) is 0 Å². The molecule has 0 saturated carbocycles. The lowest BCUT2D eigenvalue weighted by Crippen LogP contribution is -2.44. The average molecular weight is 413 g/mol. The topological polar surface area (TPSA) is 92.4 Å². The van der Waals surface area contributed by atoms with E-state index in [2.05, 4.69) is 20.7 Å². The van der Waals surface area contributed by atoms with Crippen LogP contribution in [0, 0.1) is 11.6 Å². The number of carbonyl (C=O) groups excluding carboxylic acids is 1. The van der Waals surface area contributed by atoms with Gasteiger partial charge >= 0.3 is 0 Å². The molecule has 0 bridgehead atoms. The second-order valence-electron chi connectivity index (χ2n) is 7.12. The molecule has 5 rings (SSSR count). The fraction of sp³-hybridized carbons (Fsp3) is 0.250. The molecule has 3 aromatic rings. The Morgan fingerprint density at radius 1 is 1.17 bits per heavy atom. The molecule has 2 aliphatic rings. The largest absolute Gasteiger partial charge is 0.489 e. The van der Waals surface area contributed by atoms with Gasteiger partial charge in [-0.2, -0.15) is 15.4 Å². The van der Waals surface area contributed by atoms with Gasteiger partial charge in [0.2, 0.25) is 0 Å². The first-order valence-electron chi connectivity index (χ1n) is 9.36. The van der Waals surface area contributed by atoms with Gasteiger partial charge in [0.05, 0.1) is 23.6 Å². The normalized spacial score (nSPS) is 17.5. The zero-order chi connectivity index (χ0) is 20.7. The molecule has 2 N–H and O–H groups in total. The summed E-state index contributed by atoms with van der Waals surface area (Å²) in [7, 11) is 0. The Balaban J connectivity index is 1.51. The molecule has 1 atom stereocenters. The molecule has 30 heavy (non-hydrogen) atoms. The highest BCUT2D eigenvalue weighted by Crippen LogP contribution is 2.38. The van der Waals surface area contributed by atoms with Gasteiger partial charge in [-0.1, -0.05) is 6.07 Å². The minimum atomic E-state index is -0.559. The van der Waals surface area contributed by atoms with Gasteiger partial charge < -0.3 is 19.7 Å². The molecule has 2 aromatic carbocycles. The molecule has 10 heteroatoms. The van der Waals surface area contributed by atoms with Gasteiger partial charge in [-0.05, 0) is 18.2 Å². The van der Waals surface area contributed by atoms with E-state index in [1.165, 1.54) is 12.1 Å². The van der Waals surface area contributed by atoms with Crippen LogP contribution in [0.2, 0.25) is 0 Å². The van der Waals surface area contributed by atoms with Crippen LogP contribution in [-0.2, 0) is 17.8 Å². The third-order valence-corrected chi connectivity index (χ3v) is 5.16. The smallest absolute Gasteiger partial charge is 0.262 e. The Labute approximate surface area is 169 Å². The highest BCUT2D eigenvalue weighted by Gasteiger charge is 2.31. The predicted octanol–water partition coefficient (Wildman–Crippen LogP) is 2.42. The minimum absolute atomic E-state index is 0.0318. The van der Waals surface area contributed by atoms with Crippen LogP contribution in [0.5, 0.6) is 11.5 Å². The summed E-state index contributed by atoms with van der Waals surface area (Å²) in [6.45, 7) is 0.309. The van der Waals surface area contributed by atoms with Crippen molar-refractivity contribution in [1.82, 2.24) is 15.4 Å². The number of nitrogens with one attached hydrogen (secondary N) is 2. The van der Waals surface area contributed by atoms with Crippen molar-refractivity contribution in [2.75, 3.05) is 23.4 Å². The van der Waals surface area contributed by atoms with Gasteiger partial charge in [-0.3, -0.25) is 4.79 Å². The maximum Gasteiger partial charge on any atom is 0.262 e. The number of H-pyrrole nitrogens is 1. The Morgan fingerprint density at radius 3 is 2.90 bits per heavy atom. The molecule has 0 saturated heterocycles. The number of halogens is 2. The van der Waals surface area contributed by atoms with E-state index in [9.17, 15) is 9.18 Å². The van der Waals surface area contributed by atoms with Crippen LogP contribution in [0.15, 0.2) is 36.5 Å². The molecule has 1 unspecified atom stereocenters. The number of aromatic nitrogens is 3. The molecular weight excluding hydrogens is 396 g/mol. The molecule has 1 amide bonds. The summed E-state index contributed by atoms with van der Waals surface area (Å²) < 4.78 is 39.9. The molecule has 3 heterocycles. The van der Waals surface area contributed by atoms with Crippen LogP contribution < -0.4 is 19.7 Å². The molecular formula is C20H17F2N5O3. The van der Waals surface area contributed by atoms with Gasteiger partial charge in [0.1, 0.15) is 29.6 Å². The number of ether oxygens (including phenoxy) is 2. The van der Waals surface area contributed by atoms with Crippen molar-refractivity contribution in [3.05, 3.63) is 59.4 Å². The number of carbonyl (C=O) groups is 1. The number of hydrogen-bond donors (Lipinski definition) is 2. The van der Waals surface area contributed by atoms with Crippen molar-refractivity contribution in [2.45, 2.75) is 19.0 Å². The van der Waals surface area contributed by atoms with Gasteiger partial charge in [0.25, 0.3) is 5.91 Å². The Hall–Kier alpha value is -3.69. The summed E-state index contributed by atoms with van der Waals surface area (Å²) in [6, 6.07) is 7.33. The first kappa shape index (κ1) is 18.3. The van der Waals surface area contributed by atoms with Crippen molar-refractivity contribution >= 4 is 17.3 Å². The van der Waals surface area contributed by atoms with Crippen LogP contribution in [0.25, 0.3) is 0 Å². The predicted molar refractivity (Wildman–Crippen MR) is 102 cm³/mol. The number of nitrogens with zero attached hydrogens (tertiary/aromatic N) is 3. The number of fused-ring (bicyclic) bond motifs is 2. The molecule has 2 aliphatic heterocycles. The first-order chi connectivity index (χ1) is 14.6. The quantitative estimate of drug-likeness (QED) is 0.683. The SMILES string of the molecule is O=C1COc2ccc(CN3c4ccc(F)cc4OCC3Cc3cn[nH]n3)c(F)c2N1. The van der Waals surface area contributed by atoms with E-state index in [4.69, 9.17) is 9.47 Å². The van der Waals surface area contributed by atoms with E-state index in [1.807, 2.05) is 4.90 Å². The van der Waals surface area contributed by atoms with Crippen LogP contribution in [0.4, 0.5) is 20.2 Å². The summed E-state index contributed by atoms with van der Waals surface area (Å²) in [4.78, 5) is 13.6.